The quantitative estimate of drug-likeness (QED) is 0.865. The average Bonchev–Trinajstić information content (AvgIpc) is 2.42. The van der Waals surface area contributed by atoms with Gasteiger partial charge in [-0.05, 0) is 54.9 Å². The number of rotatable bonds is 4. The minimum Gasteiger partial charge on any atom is -0.484 e. The molecule has 1 aromatic carbocycles. The van der Waals surface area contributed by atoms with E-state index < -0.39 is 0 Å². The first-order valence-electron chi connectivity index (χ1n) is 7.57. The van der Waals surface area contributed by atoms with Gasteiger partial charge in [0.1, 0.15) is 11.6 Å². The smallest absolute Gasteiger partial charge is 0.277 e. The average molecular weight is 306 g/mol. The van der Waals surface area contributed by atoms with Gasteiger partial charge in [-0.2, -0.15) is 5.10 Å². The molecule has 0 unspecified atom stereocenters. The van der Waals surface area contributed by atoms with E-state index in [9.17, 15) is 9.18 Å². The fraction of sp³-hybridized carbons (Fsp3) is 0.529. The van der Waals surface area contributed by atoms with Gasteiger partial charge in [0.2, 0.25) is 0 Å². The monoisotopic (exact) mass is 306 g/mol. The second-order valence-corrected chi connectivity index (χ2v) is 6.81. The molecule has 1 aliphatic carbocycles. The van der Waals surface area contributed by atoms with Crippen LogP contribution in [0.25, 0.3) is 0 Å². The molecule has 0 saturated heterocycles. The number of nitrogens with zero attached hydrogens (tertiary/aromatic N) is 1. The molecule has 22 heavy (non-hydrogen) atoms. The van der Waals surface area contributed by atoms with Gasteiger partial charge in [-0.3, -0.25) is 4.79 Å². The van der Waals surface area contributed by atoms with Crippen LogP contribution in [-0.2, 0) is 4.79 Å². The maximum atomic E-state index is 12.8. The van der Waals surface area contributed by atoms with E-state index in [-0.39, 0.29) is 23.7 Å². The summed E-state index contributed by atoms with van der Waals surface area (Å²) in [4.78, 5) is 11.8. The molecule has 1 saturated carbocycles. The molecule has 0 aliphatic heterocycles. The standard InChI is InChI=1S/C17H23FN2O2/c1-12-8-14(10-17(2,3)9-12)19-20-16(21)11-22-15-6-4-13(18)5-7-15/h4-7,12H,8-11H2,1-3H3,(H,20,21)/b19-14-/t12-/m1/s1. The van der Waals surface area contributed by atoms with Crippen LogP contribution < -0.4 is 10.2 Å². The van der Waals surface area contributed by atoms with Crippen LogP contribution in [0.15, 0.2) is 29.4 Å². The van der Waals surface area contributed by atoms with Crippen LogP contribution in [0, 0.1) is 17.2 Å². The highest BCUT2D eigenvalue weighted by atomic mass is 19.1. The van der Waals surface area contributed by atoms with Crippen LogP contribution in [0.1, 0.15) is 40.0 Å². The fourth-order valence-corrected chi connectivity index (χ4v) is 3.05. The van der Waals surface area contributed by atoms with Crippen LogP contribution in [0.4, 0.5) is 4.39 Å². The van der Waals surface area contributed by atoms with E-state index in [2.05, 4.69) is 31.3 Å². The molecule has 0 bridgehead atoms. The Morgan fingerprint density at radius 2 is 2.09 bits per heavy atom. The Balaban J connectivity index is 1.82. The second-order valence-electron chi connectivity index (χ2n) is 6.81. The number of amides is 1. The van der Waals surface area contributed by atoms with E-state index in [1.807, 2.05) is 0 Å². The van der Waals surface area contributed by atoms with Crippen molar-refractivity contribution in [1.82, 2.24) is 5.43 Å². The van der Waals surface area contributed by atoms with Crippen molar-refractivity contribution in [3.05, 3.63) is 30.1 Å². The Kier molecular flexibility index (Phi) is 5.16. The Labute approximate surface area is 130 Å². The third kappa shape index (κ3) is 5.13. The number of carbonyl (C=O) groups is 1. The number of hydrogen-bond donors (Lipinski definition) is 1. The molecule has 1 aliphatic rings. The van der Waals surface area contributed by atoms with E-state index in [4.69, 9.17) is 4.74 Å². The predicted molar refractivity (Wildman–Crippen MR) is 84.3 cm³/mol. The van der Waals surface area contributed by atoms with Crippen LogP contribution in [-0.4, -0.2) is 18.2 Å². The highest BCUT2D eigenvalue weighted by Gasteiger charge is 2.29. The molecule has 2 rings (SSSR count). The summed E-state index contributed by atoms with van der Waals surface area (Å²) >= 11 is 0. The Hall–Kier alpha value is -1.91. The molecule has 1 N–H and O–H groups in total. The third-order valence-corrected chi connectivity index (χ3v) is 3.69. The van der Waals surface area contributed by atoms with E-state index in [1.165, 1.54) is 30.7 Å². The summed E-state index contributed by atoms with van der Waals surface area (Å²) in [5, 5.41) is 4.23. The SMILES string of the molecule is C[C@@H]1C/C(=N/NC(=O)COc2ccc(F)cc2)CC(C)(C)C1. The molecular weight excluding hydrogens is 283 g/mol. The van der Waals surface area contributed by atoms with Crippen molar-refractivity contribution in [3.63, 3.8) is 0 Å². The summed E-state index contributed by atoms with van der Waals surface area (Å²) in [5.41, 5.74) is 3.80. The number of nitrogens with one attached hydrogen (secondary N) is 1. The van der Waals surface area contributed by atoms with Crippen LogP contribution in [0.3, 0.4) is 0 Å². The Bertz CT molecular complexity index is 552. The minimum absolute atomic E-state index is 0.138. The third-order valence-electron chi connectivity index (χ3n) is 3.69. The molecule has 5 heteroatoms. The van der Waals surface area contributed by atoms with Gasteiger partial charge in [0.05, 0.1) is 0 Å². The lowest BCUT2D eigenvalue weighted by Crippen LogP contribution is -2.31. The molecule has 1 atom stereocenters. The molecular formula is C17H23FN2O2. The maximum Gasteiger partial charge on any atom is 0.277 e. The summed E-state index contributed by atoms with van der Waals surface area (Å²) in [6.45, 7) is 6.51. The minimum atomic E-state index is -0.336. The van der Waals surface area contributed by atoms with Crippen molar-refractivity contribution in [2.24, 2.45) is 16.4 Å². The molecule has 0 radical (unpaired) electrons. The van der Waals surface area contributed by atoms with Crippen LogP contribution >= 0.6 is 0 Å². The summed E-state index contributed by atoms with van der Waals surface area (Å²) < 4.78 is 18.0. The summed E-state index contributed by atoms with van der Waals surface area (Å²) in [6.07, 6.45) is 2.99. The van der Waals surface area contributed by atoms with Crippen molar-refractivity contribution < 1.29 is 13.9 Å². The highest BCUT2D eigenvalue weighted by molar-refractivity contribution is 5.87. The number of benzene rings is 1. The van der Waals surface area contributed by atoms with Crippen molar-refractivity contribution in [3.8, 4) is 5.75 Å². The molecule has 0 heterocycles. The first-order chi connectivity index (χ1) is 10.3. The van der Waals surface area contributed by atoms with Crippen molar-refractivity contribution in [2.75, 3.05) is 6.61 Å². The molecule has 1 aromatic rings. The van der Waals surface area contributed by atoms with Crippen molar-refractivity contribution in [1.29, 1.82) is 0 Å². The van der Waals surface area contributed by atoms with Crippen LogP contribution in [0.2, 0.25) is 0 Å². The lowest BCUT2D eigenvalue weighted by Gasteiger charge is -2.34. The summed E-state index contributed by atoms with van der Waals surface area (Å²) in [5.74, 6) is 0.386. The largest absolute Gasteiger partial charge is 0.484 e. The van der Waals surface area contributed by atoms with Crippen LogP contribution in [0.5, 0.6) is 5.75 Å². The highest BCUT2D eigenvalue weighted by Crippen LogP contribution is 2.36. The second kappa shape index (κ2) is 6.90. The molecule has 0 aromatic heterocycles. The van der Waals surface area contributed by atoms with Gasteiger partial charge >= 0.3 is 0 Å². The van der Waals surface area contributed by atoms with Gasteiger partial charge < -0.3 is 4.74 Å². The molecule has 1 amide bonds. The first kappa shape index (κ1) is 16.5. The zero-order valence-electron chi connectivity index (χ0n) is 13.4. The zero-order chi connectivity index (χ0) is 16.2. The van der Waals surface area contributed by atoms with Crippen molar-refractivity contribution in [2.45, 2.75) is 40.0 Å². The van der Waals surface area contributed by atoms with Gasteiger partial charge in [0.25, 0.3) is 5.91 Å². The number of hydrazone groups is 1. The predicted octanol–water partition coefficient (Wildman–Crippen LogP) is 3.52. The number of halogens is 1. The van der Waals surface area contributed by atoms with Gasteiger partial charge in [-0.15, -0.1) is 0 Å². The Morgan fingerprint density at radius 3 is 2.73 bits per heavy atom. The summed E-state index contributed by atoms with van der Waals surface area (Å²) in [7, 11) is 0. The topological polar surface area (TPSA) is 50.7 Å². The molecule has 0 spiro atoms. The van der Waals surface area contributed by atoms with Gasteiger partial charge in [0, 0.05) is 5.71 Å². The summed E-state index contributed by atoms with van der Waals surface area (Å²) in [6, 6.07) is 5.55. The number of hydrogen-bond acceptors (Lipinski definition) is 3. The molecule has 1 fully saturated rings. The van der Waals surface area contributed by atoms with Gasteiger partial charge in [-0.1, -0.05) is 20.8 Å². The first-order valence-corrected chi connectivity index (χ1v) is 7.57. The molecule has 4 nitrogen and oxygen atoms in total. The lowest BCUT2D eigenvalue weighted by atomic mass is 9.72. The molecule has 120 valence electrons. The normalized spacial score (nSPS) is 22.4. The van der Waals surface area contributed by atoms with E-state index in [0.717, 1.165) is 18.6 Å². The van der Waals surface area contributed by atoms with Crippen molar-refractivity contribution >= 4 is 11.6 Å². The van der Waals surface area contributed by atoms with E-state index in [0.29, 0.717) is 11.7 Å². The number of ether oxygens (including phenoxy) is 1. The van der Waals surface area contributed by atoms with Gasteiger partial charge in [0.15, 0.2) is 6.61 Å². The maximum absolute atomic E-state index is 12.8. The number of carbonyl (C=O) groups excluding carboxylic acids is 1. The Morgan fingerprint density at radius 1 is 1.41 bits per heavy atom. The lowest BCUT2D eigenvalue weighted by molar-refractivity contribution is -0.123. The van der Waals surface area contributed by atoms with E-state index in [1.54, 1.807) is 0 Å². The van der Waals surface area contributed by atoms with Gasteiger partial charge in [-0.25, -0.2) is 9.82 Å². The van der Waals surface area contributed by atoms with E-state index >= 15 is 0 Å². The zero-order valence-corrected chi connectivity index (χ0v) is 13.4. The fourth-order valence-electron chi connectivity index (χ4n) is 3.05.